The van der Waals surface area contributed by atoms with E-state index in [-0.39, 0.29) is 23.9 Å². The van der Waals surface area contributed by atoms with Crippen molar-refractivity contribution in [3.8, 4) is 0 Å². The number of anilines is 1. The highest BCUT2D eigenvalue weighted by Crippen LogP contribution is 2.26. The fraction of sp³-hybridized carbons (Fsp3) is 0.500. The van der Waals surface area contributed by atoms with Gasteiger partial charge >= 0.3 is 0 Å². The van der Waals surface area contributed by atoms with Crippen LogP contribution in [0.5, 0.6) is 0 Å². The number of nitrogens with zero attached hydrogens (tertiary/aromatic N) is 2. The van der Waals surface area contributed by atoms with Gasteiger partial charge in [-0.2, -0.15) is 0 Å². The second-order valence-electron chi connectivity index (χ2n) is 5.53. The molecule has 114 valence electrons. The standard InChI is InChI=1S/C16H23N3O2/c1-3-15(20)19(12-7-5-4-6-8-12)13-9-10-18(2)14(11-13)16(17)21/h4-8,13-14H,3,9-11H2,1-2H3,(H2,17,21)/t13-,14+/m1/s1. The molecule has 0 saturated carbocycles. The van der Waals surface area contributed by atoms with Gasteiger partial charge in [0.25, 0.3) is 0 Å². The van der Waals surface area contributed by atoms with Crippen LogP contribution in [0.2, 0.25) is 0 Å². The molecule has 5 heteroatoms. The first-order chi connectivity index (χ1) is 10.0. The van der Waals surface area contributed by atoms with Crippen molar-refractivity contribution in [2.24, 2.45) is 5.73 Å². The van der Waals surface area contributed by atoms with E-state index >= 15 is 0 Å². The third-order valence-electron chi connectivity index (χ3n) is 4.14. The summed E-state index contributed by atoms with van der Waals surface area (Å²) in [5.41, 5.74) is 6.37. The highest BCUT2D eigenvalue weighted by Gasteiger charge is 2.34. The molecular weight excluding hydrogens is 266 g/mol. The summed E-state index contributed by atoms with van der Waals surface area (Å²) in [6.45, 7) is 2.62. The summed E-state index contributed by atoms with van der Waals surface area (Å²) in [6, 6.07) is 9.36. The van der Waals surface area contributed by atoms with Gasteiger partial charge < -0.3 is 10.6 Å². The van der Waals surface area contributed by atoms with E-state index in [1.807, 2.05) is 54.1 Å². The Hall–Kier alpha value is -1.88. The van der Waals surface area contributed by atoms with E-state index in [0.29, 0.717) is 12.8 Å². The molecule has 1 fully saturated rings. The van der Waals surface area contributed by atoms with E-state index in [1.165, 1.54) is 0 Å². The van der Waals surface area contributed by atoms with Crippen molar-refractivity contribution in [3.63, 3.8) is 0 Å². The second kappa shape index (κ2) is 6.72. The predicted octanol–water partition coefficient (Wildman–Crippen LogP) is 1.38. The zero-order chi connectivity index (χ0) is 15.4. The summed E-state index contributed by atoms with van der Waals surface area (Å²) >= 11 is 0. The van der Waals surface area contributed by atoms with Crippen molar-refractivity contribution < 1.29 is 9.59 Å². The Kier molecular flexibility index (Phi) is 4.96. The molecule has 0 spiro atoms. The lowest BCUT2D eigenvalue weighted by molar-refractivity contribution is -0.125. The molecule has 21 heavy (non-hydrogen) atoms. The van der Waals surface area contributed by atoms with E-state index < -0.39 is 0 Å². The van der Waals surface area contributed by atoms with Gasteiger partial charge in [0, 0.05) is 24.7 Å². The maximum absolute atomic E-state index is 12.4. The Morgan fingerprint density at radius 1 is 1.33 bits per heavy atom. The lowest BCUT2D eigenvalue weighted by Crippen LogP contribution is -2.54. The van der Waals surface area contributed by atoms with Crippen LogP contribution in [0.15, 0.2) is 30.3 Å². The second-order valence-corrected chi connectivity index (χ2v) is 5.53. The number of carbonyl (C=O) groups excluding carboxylic acids is 2. The molecule has 0 radical (unpaired) electrons. The van der Waals surface area contributed by atoms with Gasteiger partial charge in [-0.25, -0.2) is 0 Å². The molecule has 0 unspecified atom stereocenters. The number of amides is 2. The van der Waals surface area contributed by atoms with Gasteiger partial charge in [-0.3, -0.25) is 14.5 Å². The molecule has 2 atom stereocenters. The number of para-hydroxylation sites is 1. The summed E-state index contributed by atoms with van der Waals surface area (Å²) in [6.07, 6.45) is 1.88. The van der Waals surface area contributed by atoms with E-state index in [0.717, 1.165) is 18.7 Å². The highest BCUT2D eigenvalue weighted by molar-refractivity contribution is 5.94. The zero-order valence-electron chi connectivity index (χ0n) is 12.7. The minimum Gasteiger partial charge on any atom is -0.368 e. The number of nitrogens with two attached hydrogens (primary N) is 1. The van der Waals surface area contributed by atoms with Crippen LogP contribution in [0.4, 0.5) is 5.69 Å². The number of rotatable bonds is 4. The first kappa shape index (κ1) is 15.5. The van der Waals surface area contributed by atoms with Crippen LogP contribution in [0.3, 0.4) is 0 Å². The number of likely N-dealkylation sites (N-methyl/N-ethyl adjacent to an activating group) is 1. The molecule has 2 amide bonds. The third-order valence-corrected chi connectivity index (χ3v) is 4.14. The van der Waals surface area contributed by atoms with Gasteiger partial charge in [-0.05, 0) is 32.0 Å². The van der Waals surface area contributed by atoms with Crippen molar-refractivity contribution in [1.29, 1.82) is 0 Å². The summed E-state index contributed by atoms with van der Waals surface area (Å²) in [5, 5.41) is 0. The van der Waals surface area contributed by atoms with Gasteiger partial charge in [0.2, 0.25) is 11.8 Å². The van der Waals surface area contributed by atoms with Crippen molar-refractivity contribution >= 4 is 17.5 Å². The van der Waals surface area contributed by atoms with Gasteiger partial charge in [-0.15, -0.1) is 0 Å². The van der Waals surface area contributed by atoms with E-state index in [1.54, 1.807) is 0 Å². The lowest BCUT2D eigenvalue weighted by atomic mass is 9.95. The quantitative estimate of drug-likeness (QED) is 0.910. The molecule has 1 aromatic carbocycles. The van der Waals surface area contributed by atoms with Crippen LogP contribution in [0.1, 0.15) is 26.2 Å². The molecular formula is C16H23N3O2. The first-order valence-electron chi connectivity index (χ1n) is 7.41. The van der Waals surface area contributed by atoms with E-state index in [2.05, 4.69) is 0 Å². The number of primary amides is 1. The predicted molar refractivity (Wildman–Crippen MR) is 82.9 cm³/mol. The Morgan fingerprint density at radius 2 is 2.00 bits per heavy atom. The molecule has 2 rings (SSSR count). The molecule has 1 aliphatic heterocycles. The maximum Gasteiger partial charge on any atom is 0.234 e. The minimum absolute atomic E-state index is 0.0218. The van der Waals surface area contributed by atoms with Gasteiger partial charge in [0.15, 0.2) is 0 Å². The topological polar surface area (TPSA) is 66.6 Å². The third kappa shape index (κ3) is 3.42. The van der Waals surface area contributed by atoms with Crippen LogP contribution in [-0.4, -0.2) is 42.4 Å². The number of carbonyl (C=O) groups is 2. The largest absolute Gasteiger partial charge is 0.368 e. The average molecular weight is 289 g/mol. The van der Waals surface area contributed by atoms with Crippen LogP contribution >= 0.6 is 0 Å². The van der Waals surface area contributed by atoms with Gasteiger partial charge in [0.05, 0.1) is 6.04 Å². The highest BCUT2D eigenvalue weighted by atomic mass is 16.2. The average Bonchev–Trinajstić information content (AvgIpc) is 2.49. The Bertz CT molecular complexity index is 504. The smallest absolute Gasteiger partial charge is 0.234 e. The van der Waals surface area contributed by atoms with E-state index in [4.69, 9.17) is 5.73 Å². The molecule has 1 aromatic rings. The number of hydrogen-bond acceptors (Lipinski definition) is 3. The normalized spacial score (nSPS) is 22.8. The minimum atomic E-state index is -0.320. The molecule has 0 aliphatic carbocycles. The lowest BCUT2D eigenvalue weighted by Gasteiger charge is -2.40. The van der Waals surface area contributed by atoms with Crippen molar-refractivity contribution in [1.82, 2.24) is 4.90 Å². The molecule has 2 N–H and O–H groups in total. The first-order valence-corrected chi connectivity index (χ1v) is 7.41. The van der Waals surface area contributed by atoms with Crippen LogP contribution in [-0.2, 0) is 9.59 Å². The monoisotopic (exact) mass is 289 g/mol. The van der Waals surface area contributed by atoms with Crippen LogP contribution in [0, 0.1) is 0 Å². The molecule has 0 aromatic heterocycles. The van der Waals surface area contributed by atoms with Crippen LogP contribution in [0.25, 0.3) is 0 Å². The van der Waals surface area contributed by atoms with Gasteiger partial charge in [-0.1, -0.05) is 25.1 Å². The Labute approximate surface area is 125 Å². The van der Waals surface area contributed by atoms with Gasteiger partial charge in [0.1, 0.15) is 0 Å². The number of likely N-dealkylation sites (tertiary alicyclic amines) is 1. The van der Waals surface area contributed by atoms with Crippen LogP contribution < -0.4 is 10.6 Å². The van der Waals surface area contributed by atoms with Crippen molar-refractivity contribution in [3.05, 3.63) is 30.3 Å². The molecule has 1 aliphatic rings. The summed E-state index contributed by atoms with van der Waals surface area (Å²) in [5.74, 6) is -0.238. The SMILES string of the molecule is CCC(=O)N(c1ccccc1)[C@@H]1CCN(C)[C@H](C(N)=O)C1. The number of benzene rings is 1. The molecule has 1 heterocycles. The van der Waals surface area contributed by atoms with Crippen molar-refractivity contribution in [2.75, 3.05) is 18.5 Å². The summed E-state index contributed by atoms with van der Waals surface area (Å²) < 4.78 is 0. The number of hydrogen-bond donors (Lipinski definition) is 1. The Morgan fingerprint density at radius 3 is 2.57 bits per heavy atom. The molecule has 1 saturated heterocycles. The molecule has 5 nitrogen and oxygen atoms in total. The molecule has 0 bridgehead atoms. The Balaban J connectivity index is 2.25. The van der Waals surface area contributed by atoms with E-state index in [9.17, 15) is 9.59 Å². The number of piperidine rings is 1. The fourth-order valence-electron chi connectivity index (χ4n) is 2.95. The van der Waals surface area contributed by atoms with Crippen molar-refractivity contribution in [2.45, 2.75) is 38.3 Å². The fourth-order valence-corrected chi connectivity index (χ4v) is 2.95. The summed E-state index contributed by atoms with van der Waals surface area (Å²) in [4.78, 5) is 27.8. The maximum atomic E-state index is 12.4. The zero-order valence-corrected chi connectivity index (χ0v) is 12.7. The summed E-state index contributed by atoms with van der Waals surface area (Å²) in [7, 11) is 1.90.